The Kier molecular flexibility index (Phi) is 7.19. The number of H-pyrrole nitrogens is 1. The van der Waals surface area contributed by atoms with E-state index in [9.17, 15) is 14.7 Å². The van der Waals surface area contributed by atoms with Crippen LogP contribution in [0.5, 0.6) is 0 Å². The molecule has 2 amide bonds. The Balaban J connectivity index is 0.00000304. The lowest BCUT2D eigenvalue weighted by atomic mass is 9.73. The Morgan fingerprint density at radius 1 is 1.17 bits per heavy atom. The average Bonchev–Trinajstić information content (AvgIpc) is 3.37. The fourth-order valence-corrected chi connectivity index (χ4v) is 5.77. The molecule has 0 radical (unpaired) electrons. The van der Waals surface area contributed by atoms with Crippen LogP contribution >= 0.6 is 12.4 Å². The molecule has 3 aromatic rings. The zero-order valence-corrected chi connectivity index (χ0v) is 21.6. The van der Waals surface area contributed by atoms with Crippen LogP contribution in [0.15, 0.2) is 54.7 Å². The molecule has 2 heterocycles. The molecule has 0 saturated carbocycles. The van der Waals surface area contributed by atoms with Crippen LogP contribution < -0.4 is 11.1 Å². The van der Waals surface area contributed by atoms with Gasteiger partial charge in [0.2, 0.25) is 11.8 Å². The number of nitrogens with two attached hydrogens (primary N) is 1. The second-order valence-electron chi connectivity index (χ2n) is 10.7. The van der Waals surface area contributed by atoms with Crippen LogP contribution in [-0.4, -0.2) is 51.5 Å². The number of aliphatic hydroxyl groups is 1. The molecule has 7 nitrogen and oxygen atoms in total. The molecule has 1 spiro atoms. The number of likely N-dealkylation sites (tertiary alicyclic amines) is 1. The topological polar surface area (TPSA) is 111 Å². The molecular weight excluding hydrogens is 476 g/mol. The van der Waals surface area contributed by atoms with Crippen molar-refractivity contribution < 1.29 is 14.7 Å². The summed E-state index contributed by atoms with van der Waals surface area (Å²) in [5.41, 5.74) is 9.07. The smallest absolute Gasteiger partial charge is 0.245 e. The van der Waals surface area contributed by atoms with Crippen LogP contribution in [-0.2, 0) is 21.4 Å². The standard InChI is InChI=1S/C28H34N4O3.ClH/c1-27(2,29)26(35)31-23(15-18-17-30-22-10-6-4-7-19(18)22)25(34)32-13-11-28(12-14-32)16-24(33)20-8-3-5-9-21(20)28;/h3-10,17,23-24,30,33H,11-16,29H2,1-2H3,(H,31,35);1H/t23-,24?;/m1./s1. The summed E-state index contributed by atoms with van der Waals surface area (Å²) in [5, 5.41) is 14.6. The quantitative estimate of drug-likeness (QED) is 0.421. The lowest BCUT2D eigenvalue weighted by Crippen LogP contribution is -2.58. The number of hydrogen-bond acceptors (Lipinski definition) is 4. The predicted molar refractivity (Wildman–Crippen MR) is 143 cm³/mol. The van der Waals surface area contributed by atoms with Crippen LogP contribution in [0.3, 0.4) is 0 Å². The fraction of sp³-hybridized carbons (Fsp3) is 0.429. The molecule has 2 aromatic carbocycles. The number of nitrogens with one attached hydrogen (secondary N) is 2. The van der Waals surface area contributed by atoms with Crippen LogP contribution in [0, 0.1) is 0 Å². The van der Waals surface area contributed by atoms with E-state index in [0.29, 0.717) is 25.9 Å². The molecule has 8 heteroatoms. The Bertz CT molecular complexity index is 1260. The lowest BCUT2D eigenvalue weighted by Gasteiger charge is -2.41. The van der Waals surface area contributed by atoms with E-state index >= 15 is 0 Å². The number of amides is 2. The third kappa shape index (κ3) is 4.75. The zero-order chi connectivity index (χ0) is 24.8. The van der Waals surface area contributed by atoms with Crippen molar-refractivity contribution in [3.05, 3.63) is 71.4 Å². The van der Waals surface area contributed by atoms with Gasteiger partial charge in [0.15, 0.2) is 0 Å². The summed E-state index contributed by atoms with van der Waals surface area (Å²) in [7, 11) is 0. The minimum Gasteiger partial charge on any atom is -0.388 e. The van der Waals surface area contributed by atoms with Gasteiger partial charge in [0, 0.05) is 42.0 Å². The van der Waals surface area contributed by atoms with Gasteiger partial charge in [0.05, 0.1) is 11.6 Å². The minimum atomic E-state index is -1.09. The maximum Gasteiger partial charge on any atom is 0.245 e. The van der Waals surface area contributed by atoms with Gasteiger partial charge in [-0.05, 0) is 55.9 Å². The molecule has 1 aromatic heterocycles. The van der Waals surface area contributed by atoms with Crippen LogP contribution in [0.25, 0.3) is 10.9 Å². The molecule has 1 fully saturated rings. The van der Waals surface area contributed by atoms with E-state index in [2.05, 4.69) is 16.4 Å². The van der Waals surface area contributed by atoms with Gasteiger partial charge in [-0.25, -0.2) is 0 Å². The van der Waals surface area contributed by atoms with E-state index in [-0.39, 0.29) is 29.6 Å². The van der Waals surface area contributed by atoms with E-state index < -0.39 is 17.7 Å². The number of para-hydroxylation sites is 1. The van der Waals surface area contributed by atoms with Crippen LogP contribution in [0.4, 0.5) is 0 Å². The first-order valence-electron chi connectivity index (χ1n) is 12.4. The molecular formula is C28H35ClN4O3. The number of aliphatic hydroxyl groups excluding tert-OH is 1. The highest BCUT2D eigenvalue weighted by molar-refractivity contribution is 5.92. The summed E-state index contributed by atoms with van der Waals surface area (Å²) < 4.78 is 0. The van der Waals surface area contributed by atoms with Crippen molar-refractivity contribution >= 4 is 35.1 Å². The van der Waals surface area contributed by atoms with Gasteiger partial charge in [0.25, 0.3) is 0 Å². The van der Waals surface area contributed by atoms with Gasteiger partial charge in [-0.1, -0.05) is 42.5 Å². The summed E-state index contributed by atoms with van der Waals surface area (Å²) >= 11 is 0. The molecule has 192 valence electrons. The Labute approximate surface area is 217 Å². The second-order valence-corrected chi connectivity index (χ2v) is 10.7. The SMILES string of the molecule is CC(C)(N)C(=O)N[C@H](Cc1c[nH]c2ccccc12)C(=O)N1CCC2(CC1)CC(O)c1ccccc12.Cl. The maximum atomic E-state index is 13.7. The van der Waals surface area contributed by atoms with Gasteiger partial charge < -0.3 is 26.0 Å². The molecule has 2 aliphatic rings. The number of piperidine rings is 1. The van der Waals surface area contributed by atoms with Gasteiger partial charge in [-0.3, -0.25) is 9.59 Å². The molecule has 0 bridgehead atoms. The Morgan fingerprint density at radius 3 is 2.56 bits per heavy atom. The molecule has 36 heavy (non-hydrogen) atoms. The lowest BCUT2D eigenvalue weighted by molar-refractivity contribution is -0.138. The highest BCUT2D eigenvalue weighted by atomic mass is 35.5. The summed E-state index contributed by atoms with van der Waals surface area (Å²) in [6, 6.07) is 15.4. The predicted octanol–water partition coefficient (Wildman–Crippen LogP) is 3.35. The van der Waals surface area contributed by atoms with Crippen molar-refractivity contribution in [1.82, 2.24) is 15.2 Å². The number of fused-ring (bicyclic) bond motifs is 3. The number of aromatic amines is 1. The van der Waals surface area contributed by atoms with E-state index in [1.54, 1.807) is 13.8 Å². The zero-order valence-electron chi connectivity index (χ0n) is 20.8. The van der Waals surface area contributed by atoms with Crippen LogP contribution in [0.2, 0.25) is 0 Å². The third-order valence-corrected chi connectivity index (χ3v) is 7.80. The number of halogens is 1. The van der Waals surface area contributed by atoms with Crippen molar-refractivity contribution in [3.8, 4) is 0 Å². The fourth-order valence-electron chi connectivity index (χ4n) is 5.77. The summed E-state index contributed by atoms with van der Waals surface area (Å²) in [6.07, 6.45) is 4.13. The number of carbonyl (C=O) groups is 2. The molecule has 1 saturated heterocycles. The molecule has 1 aliphatic carbocycles. The highest BCUT2D eigenvalue weighted by Crippen LogP contribution is 2.50. The van der Waals surface area contributed by atoms with Gasteiger partial charge in [0.1, 0.15) is 6.04 Å². The van der Waals surface area contributed by atoms with Crippen molar-refractivity contribution in [1.29, 1.82) is 0 Å². The molecule has 1 aliphatic heterocycles. The number of carbonyl (C=O) groups excluding carboxylic acids is 2. The van der Waals surface area contributed by atoms with E-state index in [0.717, 1.165) is 34.9 Å². The van der Waals surface area contributed by atoms with Crippen molar-refractivity contribution in [2.45, 2.75) is 62.6 Å². The molecule has 1 unspecified atom stereocenters. The number of rotatable bonds is 5. The van der Waals surface area contributed by atoms with Crippen molar-refractivity contribution in [2.75, 3.05) is 13.1 Å². The van der Waals surface area contributed by atoms with E-state index in [4.69, 9.17) is 5.73 Å². The number of benzene rings is 2. The number of aromatic nitrogens is 1. The minimum absolute atomic E-state index is 0. The highest BCUT2D eigenvalue weighted by Gasteiger charge is 2.46. The number of hydrogen-bond donors (Lipinski definition) is 4. The second kappa shape index (κ2) is 9.88. The van der Waals surface area contributed by atoms with Crippen LogP contribution in [0.1, 0.15) is 55.9 Å². The number of nitrogens with zero attached hydrogens (tertiary/aromatic N) is 1. The third-order valence-electron chi connectivity index (χ3n) is 7.80. The van der Waals surface area contributed by atoms with Gasteiger partial charge >= 0.3 is 0 Å². The summed E-state index contributed by atoms with van der Waals surface area (Å²) in [6.45, 7) is 4.46. The summed E-state index contributed by atoms with van der Waals surface area (Å²) in [4.78, 5) is 31.7. The molecule has 5 rings (SSSR count). The average molecular weight is 511 g/mol. The monoisotopic (exact) mass is 510 g/mol. The largest absolute Gasteiger partial charge is 0.388 e. The van der Waals surface area contributed by atoms with Gasteiger partial charge in [-0.2, -0.15) is 0 Å². The molecule has 2 atom stereocenters. The van der Waals surface area contributed by atoms with Crippen molar-refractivity contribution in [3.63, 3.8) is 0 Å². The first-order chi connectivity index (χ1) is 16.7. The maximum absolute atomic E-state index is 13.7. The van der Waals surface area contributed by atoms with E-state index in [1.165, 1.54) is 5.56 Å². The first-order valence-corrected chi connectivity index (χ1v) is 12.4. The van der Waals surface area contributed by atoms with E-state index in [1.807, 2.05) is 53.6 Å². The Hall–Kier alpha value is -2.87. The van der Waals surface area contributed by atoms with Gasteiger partial charge in [-0.15, -0.1) is 12.4 Å². The first kappa shape index (κ1) is 26.2. The summed E-state index contributed by atoms with van der Waals surface area (Å²) in [5.74, 6) is -0.438. The normalized spacial score (nSPS) is 19.6. The molecule has 5 N–H and O–H groups in total. The Morgan fingerprint density at radius 2 is 1.83 bits per heavy atom. The van der Waals surface area contributed by atoms with Crippen molar-refractivity contribution in [2.24, 2.45) is 5.73 Å².